The Morgan fingerprint density at radius 3 is 0.851 bits per heavy atom. The normalized spacial score (nSPS) is 13.6. The first-order valence-electron chi connectivity index (χ1n) is 27.4. The predicted molar refractivity (Wildman–Crippen MR) is 278 cm³/mol. The topological polar surface area (TPSA) is 207 Å². The van der Waals surface area contributed by atoms with E-state index in [0.717, 1.165) is 46.0 Å². The van der Waals surface area contributed by atoms with Gasteiger partial charge in [0.15, 0.2) is 0 Å². The Morgan fingerprint density at radius 2 is 0.621 bits per heavy atom. The second-order valence-corrected chi connectivity index (χ2v) is 21.0. The zero-order valence-electron chi connectivity index (χ0n) is 52.3. The molecule has 0 aliphatic rings. The van der Waals surface area contributed by atoms with E-state index in [4.69, 9.17) is 24.4 Å². The van der Waals surface area contributed by atoms with Crippen molar-refractivity contribution in [2.24, 2.45) is 34.0 Å². The second-order valence-electron chi connectivity index (χ2n) is 21.0. The molecule has 0 aliphatic carbocycles. The lowest BCUT2D eigenvalue weighted by Gasteiger charge is -2.37. The molecule has 0 radical (unpaired) electrons. The van der Waals surface area contributed by atoms with Gasteiger partial charge in [-0.05, 0) is 86.5 Å². The van der Waals surface area contributed by atoms with Crippen LogP contribution in [0.15, 0.2) is 0 Å². The molecule has 522 valence electrons. The van der Waals surface area contributed by atoms with Crippen molar-refractivity contribution >= 4 is 35.8 Å². The van der Waals surface area contributed by atoms with Crippen LogP contribution in [0.5, 0.6) is 0 Å². The summed E-state index contributed by atoms with van der Waals surface area (Å²) in [6, 6.07) is 0. The minimum Gasteiger partial charge on any atom is -0.465 e. The summed E-state index contributed by atoms with van der Waals surface area (Å²) >= 11 is 0. The predicted octanol–water partition coefficient (Wildman–Crippen LogP) is 15.4. The van der Waals surface area contributed by atoms with Gasteiger partial charge in [-0.1, -0.05) is 101 Å². The quantitative estimate of drug-likeness (QED) is 0.0206. The van der Waals surface area contributed by atoms with Crippen LogP contribution in [-0.2, 0) is 62.2 Å². The van der Waals surface area contributed by atoms with Gasteiger partial charge in [-0.2, -0.15) is 83.9 Å². The zero-order valence-corrected chi connectivity index (χ0v) is 52.3. The van der Waals surface area contributed by atoms with Crippen molar-refractivity contribution in [3.05, 3.63) is 0 Å². The number of carbonyl (C=O) groups excluding carboxylic acids is 6. The molecule has 0 amide bonds. The van der Waals surface area contributed by atoms with Gasteiger partial charge in [0, 0.05) is 0 Å². The third-order valence-corrected chi connectivity index (χ3v) is 12.8. The summed E-state index contributed by atoms with van der Waals surface area (Å²) in [7, 11) is 1.32. The highest BCUT2D eigenvalue weighted by molar-refractivity contribution is 5.76. The van der Waals surface area contributed by atoms with Gasteiger partial charge in [-0.3, -0.25) is 28.9 Å². The van der Waals surface area contributed by atoms with E-state index < -0.39 is 88.3 Å². The number of esters is 5. The fourth-order valence-corrected chi connectivity index (χ4v) is 4.80. The lowest BCUT2D eigenvalue weighted by molar-refractivity contribution is -0.447. The van der Waals surface area contributed by atoms with E-state index in [2.05, 4.69) is 26.2 Å². The number of aliphatic hydroxyl groups excluding tert-OH is 2. The number of aliphatic hydroxyl groups is 2. The van der Waals surface area contributed by atoms with Crippen LogP contribution >= 0.6 is 0 Å². The lowest BCUT2D eigenvalue weighted by atomic mass is 9.91. The largest absolute Gasteiger partial charge is 0.465 e. The summed E-state index contributed by atoms with van der Waals surface area (Å²) in [5.41, 5.74) is -14.3. The number of ether oxygens (including phenoxy) is 5. The third-order valence-electron chi connectivity index (χ3n) is 12.8. The molecular weight excluding hydrogens is 1230 g/mol. The number of carbonyl (C=O) groups is 6. The second kappa shape index (κ2) is 41.7. The number of alkyl halides is 18. The van der Waals surface area contributed by atoms with Crippen LogP contribution in [0, 0.1) is 34.0 Å². The van der Waals surface area contributed by atoms with Crippen LogP contribution in [0.4, 0.5) is 79.0 Å². The minimum absolute atomic E-state index is 0.0361. The standard InChI is InChI=1S/C13H26O2.2C9H9F9O2.2C8H16O3.C7H14O3/c1-4-6-7-8-9-10-11-15-13(14)12(3)5-2;2*1-3-4(2)5(19)20-6(7(10,11)12,8(13,14)15)9(16,17)18;2*1-4-8(2,3)7(10)11-6-5-9;1-5-7(2,3)6(8)10-9-4/h12H,4-11H2,1-3H3;2*4H,3H2,1-2H3;2*9H,4-6H2,1-3H3;5H2,1-4H3. The number of rotatable bonds is 26. The molecule has 87 heavy (non-hydrogen) atoms. The molecule has 15 nitrogen and oxygen atoms in total. The molecule has 3 atom stereocenters. The first kappa shape index (κ1) is 93.6. The monoisotopic (exact) mass is 1320 g/mol. The van der Waals surface area contributed by atoms with E-state index >= 15 is 0 Å². The van der Waals surface area contributed by atoms with Crippen LogP contribution in [-0.4, -0.2) is 134 Å². The molecule has 0 fully saturated rings. The number of unbranched alkanes of at least 4 members (excludes halogenated alkanes) is 5. The number of hydrogen-bond acceptors (Lipinski definition) is 15. The molecular formula is C54H90F18O15. The Bertz CT molecular complexity index is 1760. The van der Waals surface area contributed by atoms with E-state index in [1.54, 1.807) is 0 Å². The molecule has 0 rings (SSSR count). The molecule has 0 spiro atoms. The highest BCUT2D eigenvalue weighted by atomic mass is 19.4. The van der Waals surface area contributed by atoms with Crippen molar-refractivity contribution in [2.75, 3.05) is 40.1 Å². The van der Waals surface area contributed by atoms with E-state index in [-0.39, 0.29) is 69.1 Å². The van der Waals surface area contributed by atoms with Crippen LogP contribution in [0.2, 0.25) is 0 Å². The maximum atomic E-state index is 12.4. The molecule has 0 bridgehead atoms. The number of hydrogen-bond donors (Lipinski definition) is 2. The Balaban J connectivity index is -0.000000231. The van der Waals surface area contributed by atoms with Gasteiger partial charge in [0.1, 0.15) is 13.2 Å². The maximum absolute atomic E-state index is 12.4. The average molecular weight is 1320 g/mol. The van der Waals surface area contributed by atoms with Crippen molar-refractivity contribution in [3.63, 3.8) is 0 Å². The Morgan fingerprint density at radius 1 is 0.368 bits per heavy atom. The van der Waals surface area contributed by atoms with Crippen molar-refractivity contribution in [1.82, 2.24) is 0 Å². The van der Waals surface area contributed by atoms with Crippen molar-refractivity contribution < 1.29 is 151 Å². The fourth-order valence-electron chi connectivity index (χ4n) is 4.80. The first-order valence-corrected chi connectivity index (χ1v) is 27.4. The summed E-state index contributed by atoms with van der Waals surface area (Å²) in [6.07, 6.45) is -31.4. The molecule has 0 heterocycles. The molecule has 2 N–H and O–H groups in total. The SMILES string of the molecule is CCC(C)(C)C(=O)OCCO.CCC(C)(C)C(=O)OCCO.CCC(C)(C)C(=O)OOC.CCC(C)C(=O)OC(C(F)(F)F)(C(F)(F)F)C(F)(F)F.CCC(C)C(=O)OC(C(F)(F)F)(C(F)(F)F)C(F)(F)F.CCCCCCCCOC(=O)C(C)CC. The van der Waals surface area contributed by atoms with Crippen LogP contribution in [0.25, 0.3) is 0 Å². The van der Waals surface area contributed by atoms with Crippen molar-refractivity contribution in [1.29, 1.82) is 0 Å². The highest BCUT2D eigenvalue weighted by Gasteiger charge is 2.88. The smallest absolute Gasteiger partial charge is 0.447 e. The Labute approximate surface area is 496 Å². The van der Waals surface area contributed by atoms with Crippen LogP contribution in [0.3, 0.4) is 0 Å². The molecule has 0 saturated heterocycles. The van der Waals surface area contributed by atoms with E-state index in [1.165, 1.54) is 53.1 Å². The molecule has 0 saturated carbocycles. The zero-order chi connectivity index (χ0) is 70.7. The lowest BCUT2D eigenvalue weighted by Crippen LogP contribution is -2.68. The molecule has 0 aromatic carbocycles. The van der Waals surface area contributed by atoms with Crippen molar-refractivity contribution in [3.8, 4) is 0 Å². The highest BCUT2D eigenvalue weighted by Crippen LogP contribution is 2.56. The van der Waals surface area contributed by atoms with Gasteiger partial charge < -0.3 is 33.9 Å². The fraction of sp³-hybridized carbons (Fsp3) is 0.889. The third kappa shape index (κ3) is 33.2. The van der Waals surface area contributed by atoms with E-state index in [0.29, 0.717) is 6.61 Å². The van der Waals surface area contributed by atoms with Gasteiger partial charge in [0.05, 0.1) is 60.9 Å². The molecule has 33 heteroatoms. The van der Waals surface area contributed by atoms with Gasteiger partial charge in [-0.25, -0.2) is 4.79 Å². The summed E-state index contributed by atoms with van der Waals surface area (Å²) in [5, 5.41) is 16.8. The van der Waals surface area contributed by atoms with Gasteiger partial charge in [0.25, 0.3) is 0 Å². The summed E-state index contributed by atoms with van der Waals surface area (Å²) in [4.78, 5) is 75.1. The van der Waals surface area contributed by atoms with E-state index in [9.17, 15) is 108 Å². The summed E-state index contributed by atoms with van der Waals surface area (Å²) in [5.74, 6) is -8.36. The van der Waals surface area contributed by atoms with Gasteiger partial charge in [0.2, 0.25) is 0 Å². The minimum atomic E-state index is -6.90. The Kier molecular flexibility index (Phi) is 44.8. The summed E-state index contributed by atoms with van der Waals surface area (Å²) < 4.78 is 243. The van der Waals surface area contributed by atoms with Crippen LogP contribution < -0.4 is 0 Å². The molecule has 0 aromatic rings. The van der Waals surface area contributed by atoms with Gasteiger partial charge in [-0.15, -0.1) is 0 Å². The molecule has 0 aromatic heterocycles. The average Bonchev–Trinajstić information content (AvgIpc) is 0.804. The molecule has 3 unspecified atom stereocenters. The maximum Gasteiger partial charge on any atom is 0.447 e. The summed E-state index contributed by atoms with van der Waals surface area (Å²) in [6.45, 7) is 27.5. The first-order chi connectivity index (χ1) is 39.1. The van der Waals surface area contributed by atoms with Crippen molar-refractivity contribution in [2.45, 2.75) is 236 Å². The van der Waals surface area contributed by atoms with Crippen LogP contribution in [0.1, 0.15) is 188 Å². The Hall–Kier alpha value is -4.56. The van der Waals surface area contributed by atoms with Gasteiger partial charge >= 0.3 is 84.1 Å². The van der Waals surface area contributed by atoms with E-state index in [1.807, 2.05) is 76.2 Å². The molecule has 0 aliphatic heterocycles. The number of halogens is 18.